The number of nitrogens with one attached hydrogen (secondary N) is 1. The first-order valence-electron chi connectivity index (χ1n) is 6.49. The minimum absolute atomic E-state index is 0.0623. The molecule has 0 saturated heterocycles. The molecule has 0 aliphatic carbocycles. The molecule has 0 rings (SSSR count). The lowest BCUT2D eigenvalue weighted by atomic mass is 10.1. The Balaban J connectivity index is 3.11. The predicted octanol–water partition coefficient (Wildman–Crippen LogP) is 1.84. The summed E-state index contributed by atoms with van der Waals surface area (Å²) in [6, 6.07) is 0. The third kappa shape index (κ3) is 11.6. The van der Waals surface area contributed by atoms with Crippen molar-refractivity contribution >= 4 is 5.97 Å². The Labute approximate surface area is 105 Å². The van der Waals surface area contributed by atoms with Crippen LogP contribution in [-0.2, 0) is 14.3 Å². The molecule has 1 N–H and O–H groups in total. The highest BCUT2D eigenvalue weighted by Gasteiger charge is 2.06. The van der Waals surface area contributed by atoms with Gasteiger partial charge in [-0.3, -0.25) is 4.79 Å². The lowest BCUT2D eigenvalue weighted by Crippen LogP contribution is -2.23. The van der Waals surface area contributed by atoms with Gasteiger partial charge in [0.15, 0.2) is 0 Å². The molecule has 0 saturated carbocycles. The maximum absolute atomic E-state index is 11.1. The van der Waals surface area contributed by atoms with Crippen LogP contribution in [0.2, 0.25) is 0 Å². The number of ether oxygens (including phenoxy) is 2. The standard InChI is InChI=1S/C13H27NO3/c1-11(2)5-6-14-7-8-16-9-10-17-13(15)12(3)4/h11-12,14H,5-10H2,1-4H3. The topological polar surface area (TPSA) is 47.6 Å². The van der Waals surface area contributed by atoms with Crippen molar-refractivity contribution < 1.29 is 14.3 Å². The Kier molecular flexibility index (Phi) is 10.2. The maximum atomic E-state index is 11.1. The van der Waals surface area contributed by atoms with Gasteiger partial charge in [0.2, 0.25) is 0 Å². The van der Waals surface area contributed by atoms with Gasteiger partial charge in [0.05, 0.1) is 19.1 Å². The van der Waals surface area contributed by atoms with Crippen molar-refractivity contribution in [3.63, 3.8) is 0 Å². The first-order chi connectivity index (χ1) is 8.04. The molecule has 0 aromatic rings. The second-order valence-electron chi connectivity index (χ2n) is 4.87. The highest BCUT2D eigenvalue weighted by molar-refractivity contribution is 5.71. The quantitative estimate of drug-likeness (QED) is 0.471. The van der Waals surface area contributed by atoms with E-state index in [2.05, 4.69) is 19.2 Å². The van der Waals surface area contributed by atoms with E-state index >= 15 is 0 Å². The molecule has 17 heavy (non-hydrogen) atoms. The molecule has 0 aliphatic rings. The molecule has 4 nitrogen and oxygen atoms in total. The minimum Gasteiger partial charge on any atom is -0.463 e. The van der Waals surface area contributed by atoms with Crippen molar-refractivity contribution in [2.75, 3.05) is 32.9 Å². The molecule has 0 fully saturated rings. The van der Waals surface area contributed by atoms with Crippen LogP contribution in [0.15, 0.2) is 0 Å². The van der Waals surface area contributed by atoms with E-state index in [1.165, 1.54) is 6.42 Å². The lowest BCUT2D eigenvalue weighted by Gasteiger charge is -2.09. The summed E-state index contributed by atoms with van der Waals surface area (Å²) in [5, 5.41) is 3.30. The van der Waals surface area contributed by atoms with Gasteiger partial charge < -0.3 is 14.8 Å². The largest absolute Gasteiger partial charge is 0.463 e. The Hall–Kier alpha value is -0.610. The highest BCUT2D eigenvalue weighted by Crippen LogP contribution is 1.96. The highest BCUT2D eigenvalue weighted by atomic mass is 16.6. The molecule has 0 heterocycles. The smallest absolute Gasteiger partial charge is 0.308 e. The fraction of sp³-hybridized carbons (Fsp3) is 0.923. The van der Waals surface area contributed by atoms with E-state index in [0.29, 0.717) is 19.8 Å². The Morgan fingerprint density at radius 3 is 2.35 bits per heavy atom. The van der Waals surface area contributed by atoms with Crippen LogP contribution in [0.5, 0.6) is 0 Å². The summed E-state index contributed by atoms with van der Waals surface area (Å²) in [5.41, 5.74) is 0. The SMILES string of the molecule is CC(C)CCNCCOCCOC(=O)C(C)C. The van der Waals surface area contributed by atoms with Crippen LogP contribution in [0.25, 0.3) is 0 Å². The molecule has 0 bridgehead atoms. The summed E-state index contributed by atoms with van der Waals surface area (Å²) in [4.78, 5) is 11.1. The van der Waals surface area contributed by atoms with Gasteiger partial charge in [0.25, 0.3) is 0 Å². The van der Waals surface area contributed by atoms with Crippen molar-refractivity contribution in [2.24, 2.45) is 11.8 Å². The van der Waals surface area contributed by atoms with E-state index < -0.39 is 0 Å². The van der Waals surface area contributed by atoms with Gasteiger partial charge in [-0.25, -0.2) is 0 Å². The first-order valence-corrected chi connectivity index (χ1v) is 6.49. The number of carbonyl (C=O) groups excluding carboxylic acids is 1. The van der Waals surface area contributed by atoms with Crippen molar-refractivity contribution in [1.82, 2.24) is 5.32 Å². The van der Waals surface area contributed by atoms with E-state index in [1.54, 1.807) is 0 Å². The molecule has 4 heteroatoms. The average molecular weight is 245 g/mol. The third-order valence-electron chi connectivity index (χ3n) is 2.27. The number of hydrogen-bond acceptors (Lipinski definition) is 4. The van der Waals surface area contributed by atoms with Gasteiger partial charge in [-0.15, -0.1) is 0 Å². The number of rotatable bonds is 10. The van der Waals surface area contributed by atoms with Crippen LogP contribution < -0.4 is 5.32 Å². The van der Waals surface area contributed by atoms with Gasteiger partial charge in [-0.1, -0.05) is 27.7 Å². The summed E-state index contributed by atoms with van der Waals surface area (Å²) < 4.78 is 10.3. The summed E-state index contributed by atoms with van der Waals surface area (Å²) in [6.45, 7) is 11.4. The van der Waals surface area contributed by atoms with E-state index in [1.807, 2.05) is 13.8 Å². The van der Waals surface area contributed by atoms with Gasteiger partial charge in [0, 0.05) is 6.54 Å². The van der Waals surface area contributed by atoms with E-state index in [0.717, 1.165) is 19.0 Å². The Morgan fingerprint density at radius 1 is 1.06 bits per heavy atom. The fourth-order valence-electron chi connectivity index (χ4n) is 1.13. The predicted molar refractivity (Wildman–Crippen MR) is 68.9 cm³/mol. The molecular formula is C13H27NO3. The first kappa shape index (κ1) is 16.4. The summed E-state index contributed by atoms with van der Waals surface area (Å²) in [5.74, 6) is 0.509. The van der Waals surface area contributed by atoms with Crippen molar-refractivity contribution in [2.45, 2.75) is 34.1 Å². The van der Waals surface area contributed by atoms with Gasteiger partial charge in [-0.2, -0.15) is 0 Å². The van der Waals surface area contributed by atoms with Crippen LogP contribution in [-0.4, -0.2) is 38.9 Å². The zero-order valence-corrected chi connectivity index (χ0v) is 11.6. The maximum Gasteiger partial charge on any atom is 0.308 e. The van der Waals surface area contributed by atoms with Gasteiger partial charge >= 0.3 is 5.97 Å². The molecule has 0 unspecified atom stereocenters. The van der Waals surface area contributed by atoms with Crippen LogP contribution in [0.4, 0.5) is 0 Å². The molecule has 102 valence electrons. The lowest BCUT2D eigenvalue weighted by molar-refractivity contribution is -0.148. The monoisotopic (exact) mass is 245 g/mol. The Bertz CT molecular complexity index is 193. The zero-order valence-electron chi connectivity index (χ0n) is 11.6. The average Bonchev–Trinajstić information content (AvgIpc) is 2.25. The van der Waals surface area contributed by atoms with Gasteiger partial charge in [-0.05, 0) is 18.9 Å². The summed E-state index contributed by atoms with van der Waals surface area (Å²) in [7, 11) is 0. The molecular weight excluding hydrogens is 218 g/mol. The van der Waals surface area contributed by atoms with Crippen LogP contribution in [0, 0.1) is 11.8 Å². The summed E-state index contributed by atoms with van der Waals surface area (Å²) >= 11 is 0. The minimum atomic E-state index is -0.163. The van der Waals surface area contributed by atoms with E-state index in [4.69, 9.17) is 9.47 Å². The number of esters is 1. The molecule has 0 amide bonds. The molecule has 0 spiro atoms. The third-order valence-corrected chi connectivity index (χ3v) is 2.27. The van der Waals surface area contributed by atoms with E-state index in [-0.39, 0.29) is 11.9 Å². The van der Waals surface area contributed by atoms with Crippen molar-refractivity contribution in [3.8, 4) is 0 Å². The normalized spacial score (nSPS) is 11.2. The molecule has 0 atom stereocenters. The molecule has 0 aromatic carbocycles. The van der Waals surface area contributed by atoms with Crippen LogP contribution in [0.3, 0.4) is 0 Å². The van der Waals surface area contributed by atoms with Crippen molar-refractivity contribution in [3.05, 3.63) is 0 Å². The van der Waals surface area contributed by atoms with E-state index in [9.17, 15) is 4.79 Å². The Morgan fingerprint density at radius 2 is 1.76 bits per heavy atom. The number of hydrogen-bond donors (Lipinski definition) is 1. The second-order valence-corrected chi connectivity index (χ2v) is 4.87. The zero-order chi connectivity index (χ0) is 13.1. The number of carbonyl (C=O) groups is 1. The van der Waals surface area contributed by atoms with Gasteiger partial charge in [0.1, 0.15) is 6.61 Å². The van der Waals surface area contributed by atoms with Crippen LogP contribution >= 0.6 is 0 Å². The molecule has 0 aromatic heterocycles. The van der Waals surface area contributed by atoms with Crippen molar-refractivity contribution in [1.29, 1.82) is 0 Å². The fourth-order valence-corrected chi connectivity index (χ4v) is 1.13. The molecule has 0 aliphatic heterocycles. The molecule has 0 radical (unpaired) electrons. The second kappa shape index (κ2) is 10.5. The summed E-state index contributed by atoms with van der Waals surface area (Å²) in [6.07, 6.45) is 1.19. The van der Waals surface area contributed by atoms with Crippen LogP contribution in [0.1, 0.15) is 34.1 Å².